The Balaban J connectivity index is 1.38. The van der Waals surface area contributed by atoms with Crippen LogP contribution in [0.3, 0.4) is 0 Å². The second kappa shape index (κ2) is 12.2. The Morgan fingerprint density at radius 2 is 1.78 bits per heavy atom. The number of para-hydroxylation sites is 3. The molecule has 0 bridgehead atoms. The van der Waals surface area contributed by atoms with Crippen molar-refractivity contribution in [1.82, 2.24) is 19.8 Å². The molecule has 2 heterocycles. The zero-order valence-electron chi connectivity index (χ0n) is 21.9. The van der Waals surface area contributed by atoms with Crippen molar-refractivity contribution in [3.63, 3.8) is 0 Å². The highest BCUT2D eigenvalue weighted by molar-refractivity contribution is 5.94. The fourth-order valence-electron chi connectivity index (χ4n) is 4.96. The highest BCUT2D eigenvalue weighted by atomic mass is 16.2. The van der Waals surface area contributed by atoms with Crippen LogP contribution in [0.5, 0.6) is 0 Å². The fraction of sp³-hybridized carbons (Fsp3) is 0.483. The van der Waals surface area contributed by atoms with E-state index in [2.05, 4.69) is 35.9 Å². The molecule has 2 amide bonds. The summed E-state index contributed by atoms with van der Waals surface area (Å²) in [7, 11) is 2.04. The van der Waals surface area contributed by atoms with Gasteiger partial charge in [-0.05, 0) is 42.5 Å². The van der Waals surface area contributed by atoms with E-state index in [9.17, 15) is 9.59 Å². The minimum Gasteiger partial charge on any atom is -0.341 e. The monoisotopic (exact) mass is 489 g/mol. The summed E-state index contributed by atoms with van der Waals surface area (Å²) in [5.74, 6) is 1.64. The predicted molar refractivity (Wildman–Crippen MR) is 145 cm³/mol. The molecule has 36 heavy (non-hydrogen) atoms. The van der Waals surface area contributed by atoms with Gasteiger partial charge in [0.05, 0.1) is 11.0 Å². The summed E-state index contributed by atoms with van der Waals surface area (Å²) in [6.07, 6.45) is 3.32. The van der Waals surface area contributed by atoms with E-state index in [4.69, 9.17) is 4.98 Å². The van der Waals surface area contributed by atoms with E-state index in [-0.39, 0.29) is 11.8 Å². The molecule has 0 spiro atoms. The zero-order chi connectivity index (χ0) is 25.5. The van der Waals surface area contributed by atoms with E-state index < -0.39 is 0 Å². The summed E-state index contributed by atoms with van der Waals surface area (Å²) in [5.41, 5.74) is 4.22. The molecule has 1 aliphatic rings. The molecule has 0 radical (unpaired) electrons. The third-order valence-electron chi connectivity index (χ3n) is 6.87. The van der Waals surface area contributed by atoms with Crippen molar-refractivity contribution in [2.45, 2.75) is 52.5 Å². The van der Waals surface area contributed by atoms with Crippen LogP contribution < -0.4 is 10.2 Å². The lowest BCUT2D eigenvalue weighted by Gasteiger charge is -2.27. The van der Waals surface area contributed by atoms with Crippen molar-refractivity contribution in [2.75, 3.05) is 31.1 Å². The quantitative estimate of drug-likeness (QED) is 0.561. The van der Waals surface area contributed by atoms with Crippen LogP contribution in [0.25, 0.3) is 11.0 Å². The van der Waals surface area contributed by atoms with Gasteiger partial charge in [-0.3, -0.25) is 9.59 Å². The van der Waals surface area contributed by atoms with Crippen molar-refractivity contribution in [3.8, 4) is 0 Å². The first-order valence-corrected chi connectivity index (χ1v) is 13.2. The van der Waals surface area contributed by atoms with Crippen LogP contribution >= 0.6 is 0 Å². The first kappa shape index (κ1) is 25.9. The molecule has 1 aliphatic heterocycles. The van der Waals surface area contributed by atoms with E-state index in [0.29, 0.717) is 44.9 Å². The van der Waals surface area contributed by atoms with Crippen molar-refractivity contribution in [1.29, 1.82) is 0 Å². The average molecular weight is 490 g/mol. The molecule has 0 aliphatic carbocycles. The van der Waals surface area contributed by atoms with Gasteiger partial charge in [0.25, 0.3) is 0 Å². The number of benzene rings is 2. The molecule has 0 saturated carbocycles. The smallest absolute Gasteiger partial charge is 0.227 e. The van der Waals surface area contributed by atoms with Gasteiger partial charge in [0, 0.05) is 64.7 Å². The molecule has 7 nitrogen and oxygen atoms in total. The Kier molecular flexibility index (Phi) is 8.75. The Morgan fingerprint density at radius 3 is 2.58 bits per heavy atom. The molecule has 3 aromatic rings. The minimum absolute atomic E-state index is 0.150. The number of carbonyl (C=O) groups excluding carboxylic acids is 2. The van der Waals surface area contributed by atoms with E-state index in [1.807, 2.05) is 53.2 Å². The molecule has 1 N–H and O–H groups in total. The second-order valence-electron chi connectivity index (χ2n) is 10.1. The van der Waals surface area contributed by atoms with Gasteiger partial charge in [-0.15, -0.1) is 0 Å². The molecule has 0 atom stereocenters. The summed E-state index contributed by atoms with van der Waals surface area (Å²) in [4.78, 5) is 34.9. The number of aryl methyl sites for hydroxylation is 2. The summed E-state index contributed by atoms with van der Waals surface area (Å²) in [6.45, 7) is 7.50. The van der Waals surface area contributed by atoms with Gasteiger partial charge in [-0.1, -0.05) is 44.2 Å². The van der Waals surface area contributed by atoms with Crippen molar-refractivity contribution < 1.29 is 9.59 Å². The third-order valence-corrected chi connectivity index (χ3v) is 6.87. The van der Waals surface area contributed by atoms with Crippen LogP contribution in [0.15, 0.2) is 48.5 Å². The molecule has 0 fully saturated rings. The normalized spacial score (nSPS) is 15.1. The van der Waals surface area contributed by atoms with Crippen LogP contribution in [0.1, 0.15) is 50.9 Å². The number of hydrogen-bond donors (Lipinski definition) is 1. The number of anilines is 1. The van der Waals surface area contributed by atoms with Gasteiger partial charge in [0.2, 0.25) is 11.8 Å². The Hall–Kier alpha value is -3.19. The van der Waals surface area contributed by atoms with Crippen LogP contribution in [0.4, 0.5) is 5.69 Å². The van der Waals surface area contributed by atoms with Gasteiger partial charge in [-0.25, -0.2) is 4.98 Å². The summed E-state index contributed by atoms with van der Waals surface area (Å²) < 4.78 is 2.12. The number of fused-ring (bicyclic) bond motifs is 2. The van der Waals surface area contributed by atoms with E-state index in [1.165, 1.54) is 0 Å². The molecule has 1 aromatic heterocycles. The largest absolute Gasteiger partial charge is 0.341 e. The van der Waals surface area contributed by atoms with Crippen LogP contribution in [0.2, 0.25) is 0 Å². The zero-order valence-corrected chi connectivity index (χ0v) is 21.9. The molecule has 0 saturated heterocycles. The predicted octanol–water partition coefficient (Wildman–Crippen LogP) is 4.30. The first-order chi connectivity index (χ1) is 17.4. The molecular weight excluding hydrogens is 450 g/mol. The fourth-order valence-corrected chi connectivity index (χ4v) is 4.96. The van der Waals surface area contributed by atoms with Gasteiger partial charge in [0.15, 0.2) is 0 Å². The number of amides is 2. The molecular formula is C29H39N5O2. The average Bonchev–Trinajstić information content (AvgIpc) is 3.16. The molecule has 4 rings (SSSR count). The maximum atomic E-state index is 13.2. The van der Waals surface area contributed by atoms with E-state index in [1.54, 1.807) is 0 Å². The second-order valence-corrected chi connectivity index (χ2v) is 10.1. The number of rotatable bonds is 6. The SMILES string of the molecule is CC(C)CC(=O)N1CCCN(C(=O)CCCc2nc3ccccc3n2C)CCNCc2ccccc21. The number of carbonyl (C=O) groups is 2. The lowest BCUT2D eigenvalue weighted by Crippen LogP contribution is -2.39. The van der Waals surface area contributed by atoms with Crippen molar-refractivity contribution in [2.24, 2.45) is 13.0 Å². The standard InChI is InChI=1S/C29H39N5O2/c1-22(2)20-29(36)34-18-9-17-33(19-16-30-21-23-10-4-6-12-25(23)34)28(35)15-8-14-27-31-24-11-5-7-13-26(24)32(27)3/h4-7,10-13,22,30H,8-9,14-21H2,1-3H3. The maximum Gasteiger partial charge on any atom is 0.227 e. The van der Waals surface area contributed by atoms with Gasteiger partial charge in [-0.2, -0.15) is 0 Å². The Bertz CT molecular complexity index is 1190. The minimum atomic E-state index is 0.150. The lowest BCUT2D eigenvalue weighted by atomic mass is 10.1. The Morgan fingerprint density at radius 1 is 1.00 bits per heavy atom. The summed E-state index contributed by atoms with van der Waals surface area (Å²) >= 11 is 0. The van der Waals surface area contributed by atoms with Crippen LogP contribution in [0, 0.1) is 5.92 Å². The van der Waals surface area contributed by atoms with E-state index in [0.717, 1.165) is 53.9 Å². The van der Waals surface area contributed by atoms with Crippen LogP contribution in [-0.4, -0.2) is 52.4 Å². The number of nitrogens with one attached hydrogen (secondary N) is 1. The van der Waals surface area contributed by atoms with Crippen molar-refractivity contribution in [3.05, 3.63) is 59.9 Å². The van der Waals surface area contributed by atoms with Gasteiger partial charge >= 0.3 is 0 Å². The van der Waals surface area contributed by atoms with Crippen LogP contribution in [-0.2, 0) is 29.6 Å². The third kappa shape index (κ3) is 6.32. The number of nitrogens with zero attached hydrogens (tertiary/aromatic N) is 4. The molecule has 2 aromatic carbocycles. The first-order valence-electron chi connectivity index (χ1n) is 13.2. The summed E-state index contributed by atoms with van der Waals surface area (Å²) in [5, 5.41) is 3.48. The van der Waals surface area contributed by atoms with E-state index >= 15 is 0 Å². The lowest BCUT2D eigenvalue weighted by molar-refractivity contribution is -0.131. The number of imidazole rings is 1. The Labute approximate surface area is 214 Å². The summed E-state index contributed by atoms with van der Waals surface area (Å²) in [6, 6.07) is 16.3. The van der Waals surface area contributed by atoms with Gasteiger partial charge < -0.3 is 19.7 Å². The highest BCUT2D eigenvalue weighted by Crippen LogP contribution is 2.23. The topological polar surface area (TPSA) is 70.5 Å². The number of aromatic nitrogens is 2. The molecule has 0 unspecified atom stereocenters. The molecule has 192 valence electrons. The number of hydrogen-bond acceptors (Lipinski definition) is 4. The highest BCUT2D eigenvalue weighted by Gasteiger charge is 2.21. The van der Waals surface area contributed by atoms with Crippen molar-refractivity contribution >= 4 is 28.5 Å². The maximum absolute atomic E-state index is 13.2. The molecule has 7 heteroatoms. The van der Waals surface area contributed by atoms with Gasteiger partial charge in [0.1, 0.15) is 5.82 Å².